The minimum Gasteiger partial charge on any atom is -0.497 e. The van der Waals surface area contributed by atoms with Crippen LogP contribution in [-0.4, -0.2) is 7.11 Å². The topological polar surface area (TPSA) is 60.0 Å². The molecule has 0 amide bonds. The van der Waals surface area contributed by atoms with Crippen molar-refractivity contribution in [2.75, 3.05) is 12.0 Å². The summed E-state index contributed by atoms with van der Waals surface area (Å²) in [5.74, 6) is 0.810. The zero-order valence-corrected chi connectivity index (χ0v) is 24.6. The predicted molar refractivity (Wildman–Crippen MR) is 185 cm³/mol. The fourth-order valence-electron chi connectivity index (χ4n) is 6.03. The first kappa shape index (κ1) is 27.5. The second-order valence-electron chi connectivity index (χ2n) is 10.8. The van der Waals surface area contributed by atoms with E-state index in [9.17, 15) is 10.5 Å². The summed E-state index contributed by atoms with van der Waals surface area (Å²) in [6.07, 6.45) is 4.11. The highest BCUT2D eigenvalue weighted by Gasteiger charge is 2.16. The fraction of sp³-hybridized carbons (Fsp3) is 0.0244. The molecule has 0 N–H and O–H groups in total. The molecule has 0 bridgehead atoms. The number of nitrogens with zero attached hydrogens (tertiary/aromatic N) is 3. The molecular formula is C41H27N3O. The molecule has 0 fully saturated rings. The number of benzene rings is 7. The van der Waals surface area contributed by atoms with Gasteiger partial charge >= 0.3 is 0 Å². The molecule has 0 radical (unpaired) electrons. The Kier molecular flexibility index (Phi) is 7.16. The first-order valence-electron chi connectivity index (χ1n) is 14.7. The minimum absolute atomic E-state index is 0.589. The van der Waals surface area contributed by atoms with E-state index in [1.54, 1.807) is 7.11 Å². The number of anilines is 3. The van der Waals surface area contributed by atoms with Crippen molar-refractivity contribution in [3.05, 3.63) is 156 Å². The van der Waals surface area contributed by atoms with Crippen molar-refractivity contribution in [2.45, 2.75) is 0 Å². The van der Waals surface area contributed by atoms with E-state index in [1.165, 1.54) is 10.8 Å². The van der Waals surface area contributed by atoms with Gasteiger partial charge in [0.15, 0.2) is 0 Å². The number of hydrogen-bond acceptors (Lipinski definition) is 4. The van der Waals surface area contributed by atoms with Gasteiger partial charge in [0, 0.05) is 38.3 Å². The number of methoxy groups -OCH3 is 1. The molecule has 7 rings (SSSR count). The number of hydrogen-bond donors (Lipinski definition) is 0. The average molecular weight is 578 g/mol. The SMILES string of the molecule is COc1ccc(N(c2ccc(/C=C\c3ccc4c(C#N)c5ccccc5c(C#N)c4c3)cc2)c2cccc3ccccc23)cc1. The Balaban J connectivity index is 1.26. The second-order valence-corrected chi connectivity index (χ2v) is 10.8. The third kappa shape index (κ3) is 5.01. The number of nitriles is 2. The summed E-state index contributed by atoms with van der Waals surface area (Å²) >= 11 is 0. The van der Waals surface area contributed by atoms with Gasteiger partial charge in [-0.05, 0) is 65.0 Å². The quantitative estimate of drug-likeness (QED) is 0.146. The van der Waals surface area contributed by atoms with E-state index in [-0.39, 0.29) is 0 Å². The summed E-state index contributed by atoms with van der Waals surface area (Å²) in [6, 6.07) is 49.7. The maximum atomic E-state index is 10.1. The first-order valence-corrected chi connectivity index (χ1v) is 14.7. The van der Waals surface area contributed by atoms with Gasteiger partial charge in [0.1, 0.15) is 17.9 Å². The molecule has 0 aliphatic carbocycles. The fourth-order valence-corrected chi connectivity index (χ4v) is 6.03. The molecule has 0 heterocycles. The van der Waals surface area contributed by atoms with Crippen molar-refractivity contribution in [1.82, 2.24) is 0 Å². The Labute approximate surface area is 261 Å². The lowest BCUT2D eigenvalue weighted by Crippen LogP contribution is -2.10. The van der Waals surface area contributed by atoms with E-state index in [1.807, 2.05) is 60.7 Å². The Morgan fingerprint density at radius 1 is 0.533 bits per heavy atom. The summed E-state index contributed by atoms with van der Waals surface area (Å²) in [7, 11) is 1.68. The molecule has 4 heteroatoms. The van der Waals surface area contributed by atoms with E-state index >= 15 is 0 Å². The summed E-state index contributed by atoms with van der Waals surface area (Å²) < 4.78 is 5.42. The second kappa shape index (κ2) is 11.7. The largest absolute Gasteiger partial charge is 0.497 e. The Morgan fingerprint density at radius 2 is 1.07 bits per heavy atom. The van der Waals surface area contributed by atoms with Crippen LogP contribution in [0.25, 0.3) is 44.5 Å². The van der Waals surface area contributed by atoms with Gasteiger partial charge in [-0.2, -0.15) is 10.5 Å². The molecule has 7 aromatic rings. The van der Waals surface area contributed by atoms with Crippen LogP contribution in [0.4, 0.5) is 17.1 Å². The van der Waals surface area contributed by atoms with Crippen molar-refractivity contribution in [3.63, 3.8) is 0 Å². The molecule has 0 aliphatic heterocycles. The van der Waals surface area contributed by atoms with Crippen LogP contribution in [-0.2, 0) is 0 Å². The van der Waals surface area contributed by atoms with Crippen LogP contribution in [0.15, 0.2) is 133 Å². The van der Waals surface area contributed by atoms with E-state index in [0.29, 0.717) is 11.1 Å². The van der Waals surface area contributed by atoms with Gasteiger partial charge in [-0.3, -0.25) is 0 Å². The standard InChI is InChI=1S/C41H27N3O/c1-45-33-22-20-32(21-23-33)44(41-12-6-8-30-7-2-3-9-34(30)41)31-18-15-28(16-19-31)13-14-29-17-24-37-38(25-29)40(27-43)36-11-5-4-10-35(36)39(37)26-42/h2-25H,1H3/b14-13-. The third-order valence-corrected chi connectivity index (χ3v) is 8.23. The Hall–Kier alpha value is -6.36. The molecule has 212 valence electrons. The highest BCUT2D eigenvalue weighted by Crippen LogP contribution is 2.39. The van der Waals surface area contributed by atoms with Crippen LogP contribution < -0.4 is 9.64 Å². The van der Waals surface area contributed by atoms with Crippen molar-refractivity contribution >= 4 is 61.5 Å². The van der Waals surface area contributed by atoms with Crippen LogP contribution in [0.1, 0.15) is 22.3 Å². The molecule has 0 aromatic heterocycles. The van der Waals surface area contributed by atoms with Crippen LogP contribution in [0.5, 0.6) is 5.75 Å². The van der Waals surface area contributed by atoms with Crippen molar-refractivity contribution in [2.24, 2.45) is 0 Å². The number of fused-ring (bicyclic) bond motifs is 3. The molecule has 0 spiro atoms. The molecule has 0 atom stereocenters. The van der Waals surface area contributed by atoms with Crippen molar-refractivity contribution < 1.29 is 4.74 Å². The minimum atomic E-state index is 0.589. The molecule has 45 heavy (non-hydrogen) atoms. The van der Waals surface area contributed by atoms with Gasteiger partial charge in [-0.15, -0.1) is 0 Å². The van der Waals surface area contributed by atoms with Gasteiger partial charge in [0.25, 0.3) is 0 Å². The zero-order chi connectivity index (χ0) is 30.8. The van der Waals surface area contributed by atoms with Crippen LogP contribution in [0, 0.1) is 22.7 Å². The van der Waals surface area contributed by atoms with Crippen LogP contribution in [0.2, 0.25) is 0 Å². The smallest absolute Gasteiger partial charge is 0.119 e. The van der Waals surface area contributed by atoms with Crippen molar-refractivity contribution in [3.8, 4) is 17.9 Å². The Bertz CT molecular complexity index is 2320. The lowest BCUT2D eigenvalue weighted by atomic mass is 9.91. The summed E-state index contributed by atoms with van der Waals surface area (Å²) in [5, 5.41) is 25.5. The van der Waals surface area contributed by atoms with Gasteiger partial charge in [0.2, 0.25) is 0 Å². The molecular weight excluding hydrogens is 550 g/mol. The van der Waals surface area contributed by atoms with Gasteiger partial charge < -0.3 is 9.64 Å². The Morgan fingerprint density at radius 3 is 1.73 bits per heavy atom. The first-order chi connectivity index (χ1) is 22.2. The molecule has 0 aliphatic rings. The van der Waals surface area contributed by atoms with E-state index in [2.05, 4.69) is 102 Å². The average Bonchev–Trinajstić information content (AvgIpc) is 3.10. The maximum Gasteiger partial charge on any atom is 0.119 e. The highest BCUT2D eigenvalue weighted by molar-refractivity contribution is 6.10. The lowest BCUT2D eigenvalue weighted by molar-refractivity contribution is 0.415. The number of rotatable bonds is 6. The normalized spacial score (nSPS) is 11.1. The third-order valence-electron chi connectivity index (χ3n) is 8.23. The van der Waals surface area contributed by atoms with Crippen molar-refractivity contribution in [1.29, 1.82) is 10.5 Å². The predicted octanol–water partition coefficient (Wildman–Crippen LogP) is 10.5. The van der Waals surface area contributed by atoms with Gasteiger partial charge in [-0.1, -0.05) is 97.1 Å². The number of ether oxygens (including phenoxy) is 1. The maximum absolute atomic E-state index is 10.1. The molecule has 7 aromatic carbocycles. The van der Waals surface area contributed by atoms with E-state index in [4.69, 9.17) is 4.74 Å². The van der Waals surface area contributed by atoms with E-state index in [0.717, 1.165) is 55.5 Å². The molecule has 0 saturated heterocycles. The molecule has 0 saturated carbocycles. The van der Waals surface area contributed by atoms with Crippen LogP contribution in [0.3, 0.4) is 0 Å². The molecule has 4 nitrogen and oxygen atoms in total. The zero-order valence-electron chi connectivity index (χ0n) is 24.6. The van der Waals surface area contributed by atoms with Gasteiger partial charge in [0.05, 0.1) is 23.9 Å². The van der Waals surface area contributed by atoms with E-state index < -0.39 is 0 Å². The van der Waals surface area contributed by atoms with Crippen LogP contribution >= 0.6 is 0 Å². The molecule has 0 unspecified atom stereocenters. The summed E-state index contributed by atoms with van der Waals surface area (Å²) in [6.45, 7) is 0. The lowest BCUT2D eigenvalue weighted by Gasteiger charge is -2.27. The summed E-state index contributed by atoms with van der Waals surface area (Å²) in [5.41, 5.74) is 6.35. The van der Waals surface area contributed by atoms with Gasteiger partial charge in [-0.25, -0.2) is 0 Å². The summed E-state index contributed by atoms with van der Waals surface area (Å²) in [4.78, 5) is 2.26. The highest BCUT2D eigenvalue weighted by atomic mass is 16.5. The monoisotopic (exact) mass is 577 g/mol.